The van der Waals surface area contributed by atoms with Crippen molar-refractivity contribution in [1.29, 1.82) is 0 Å². The Bertz CT molecular complexity index is 462. The molecule has 0 saturated heterocycles. The first kappa shape index (κ1) is 16.9. The van der Waals surface area contributed by atoms with E-state index in [1.807, 2.05) is 18.7 Å². The van der Waals surface area contributed by atoms with Crippen LogP contribution in [-0.2, 0) is 4.79 Å². The van der Waals surface area contributed by atoms with Crippen molar-refractivity contribution in [3.8, 4) is 0 Å². The number of nitrogens with zero attached hydrogens (tertiary/aromatic N) is 5. The molecule has 0 unspecified atom stereocenters. The number of carbonyl (C=O) groups excluding carboxylic acids is 1. The summed E-state index contributed by atoms with van der Waals surface area (Å²) in [5, 5.41) is 3.15. The fourth-order valence-corrected chi connectivity index (χ4v) is 1.79. The number of nitrogens with two attached hydrogens (primary N) is 1. The molecule has 0 aliphatic heterocycles. The van der Waals surface area contributed by atoms with Crippen LogP contribution < -0.4 is 20.9 Å². The van der Waals surface area contributed by atoms with Gasteiger partial charge in [0.25, 0.3) is 0 Å². The number of hydrogen-bond acceptors (Lipinski definition) is 7. The van der Waals surface area contributed by atoms with E-state index in [1.54, 1.807) is 11.9 Å². The summed E-state index contributed by atoms with van der Waals surface area (Å²) in [5.74, 6) is 1.12. The van der Waals surface area contributed by atoms with E-state index in [2.05, 4.69) is 27.2 Å². The van der Waals surface area contributed by atoms with Gasteiger partial charge in [-0.2, -0.15) is 15.0 Å². The number of amides is 1. The molecule has 1 heterocycles. The predicted molar refractivity (Wildman–Crippen MR) is 84.6 cm³/mol. The summed E-state index contributed by atoms with van der Waals surface area (Å²) in [6.07, 6.45) is 0.971. The number of nitrogens with one attached hydrogen (secondary N) is 1. The first-order valence-corrected chi connectivity index (χ1v) is 7.26. The maximum Gasteiger partial charge on any atom is 0.237 e. The van der Waals surface area contributed by atoms with Crippen LogP contribution in [0.2, 0.25) is 0 Å². The predicted octanol–water partition coefficient (Wildman–Crippen LogP) is 0.461. The maximum absolute atomic E-state index is 11.1. The summed E-state index contributed by atoms with van der Waals surface area (Å²) in [6.45, 7) is 8.59. The van der Waals surface area contributed by atoms with Crippen LogP contribution in [0.1, 0.15) is 27.2 Å². The lowest BCUT2D eigenvalue weighted by molar-refractivity contribution is -0.116. The Morgan fingerprint density at radius 2 is 1.76 bits per heavy atom. The highest BCUT2D eigenvalue weighted by atomic mass is 16.1. The molecule has 0 aliphatic carbocycles. The second-order valence-corrected chi connectivity index (χ2v) is 4.68. The molecule has 0 aliphatic rings. The van der Waals surface area contributed by atoms with Crippen molar-refractivity contribution >= 4 is 23.8 Å². The minimum atomic E-state index is -0.426. The maximum atomic E-state index is 11.1. The van der Waals surface area contributed by atoms with Crippen molar-refractivity contribution in [1.82, 2.24) is 15.0 Å². The van der Waals surface area contributed by atoms with E-state index in [9.17, 15) is 4.79 Å². The molecule has 0 radical (unpaired) electrons. The molecule has 0 fully saturated rings. The van der Waals surface area contributed by atoms with Gasteiger partial charge >= 0.3 is 0 Å². The minimum absolute atomic E-state index is 0.0644. The van der Waals surface area contributed by atoms with Gasteiger partial charge in [0, 0.05) is 26.7 Å². The molecule has 3 N–H and O–H groups in total. The van der Waals surface area contributed by atoms with Crippen molar-refractivity contribution in [2.45, 2.75) is 27.2 Å². The first-order chi connectivity index (χ1) is 10.0. The van der Waals surface area contributed by atoms with E-state index in [0.29, 0.717) is 17.8 Å². The van der Waals surface area contributed by atoms with Crippen molar-refractivity contribution in [2.75, 3.05) is 48.3 Å². The molecular weight excluding hydrogens is 270 g/mol. The third-order valence-electron chi connectivity index (χ3n) is 2.93. The van der Waals surface area contributed by atoms with E-state index in [1.165, 1.54) is 0 Å². The van der Waals surface area contributed by atoms with Gasteiger partial charge in [-0.15, -0.1) is 0 Å². The number of anilines is 3. The molecule has 118 valence electrons. The summed E-state index contributed by atoms with van der Waals surface area (Å²) >= 11 is 0. The average molecular weight is 295 g/mol. The van der Waals surface area contributed by atoms with E-state index in [4.69, 9.17) is 5.73 Å². The Morgan fingerprint density at radius 1 is 1.14 bits per heavy atom. The molecule has 0 bridgehead atoms. The first-order valence-electron chi connectivity index (χ1n) is 7.26. The van der Waals surface area contributed by atoms with E-state index < -0.39 is 5.91 Å². The smallest absolute Gasteiger partial charge is 0.237 e. The molecule has 0 spiro atoms. The quantitative estimate of drug-likeness (QED) is 0.682. The number of aromatic nitrogens is 3. The highest BCUT2D eigenvalue weighted by molar-refractivity contribution is 5.78. The van der Waals surface area contributed by atoms with Crippen molar-refractivity contribution < 1.29 is 4.79 Å². The normalized spacial score (nSPS) is 10.3. The second-order valence-electron chi connectivity index (χ2n) is 4.68. The van der Waals surface area contributed by atoms with Gasteiger partial charge in [-0.05, 0) is 20.3 Å². The van der Waals surface area contributed by atoms with Crippen LogP contribution in [0.15, 0.2) is 0 Å². The van der Waals surface area contributed by atoms with Gasteiger partial charge < -0.3 is 20.9 Å². The number of carbonyl (C=O) groups is 1. The molecule has 1 rings (SSSR count). The van der Waals surface area contributed by atoms with Crippen LogP contribution in [0.4, 0.5) is 17.8 Å². The van der Waals surface area contributed by atoms with Crippen molar-refractivity contribution in [3.63, 3.8) is 0 Å². The van der Waals surface area contributed by atoms with E-state index in [0.717, 1.165) is 26.1 Å². The minimum Gasteiger partial charge on any atom is -0.368 e. The van der Waals surface area contributed by atoms with Crippen molar-refractivity contribution in [2.24, 2.45) is 5.73 Å². The van der Waals surface area contributed by atoms with Gasteiger partial charge in [0.2, 0.25) is 23.8 Å². The highest BCUT2D eigenvalue weighted by Gasteiger charge is 2.14. The third-order valence-corrected chi connectivity index (χ3v) is 2.93. The Kier molecular flexibility index (Phi) is 6.64. The molecule has 8 nitrogen and oxygen atoms in total. The van der Waals surface area contributed by atoms with Gasteiger partial charge in [0.05, 0.1) is 6.54 Å². The molecule has 1 aromatic heterocycles. The summed E-state index contributed by atoms with van der Waals surface area (Å²) < 4.78 is 0. The van der Waals surface area contributed by atoms with Gasteiger partial charge in [-0.1, -0.05) is 6.92 Å². The van der Waals surface area contributed by atoms with Crippen LogP contribution >= 0.6 is 0 Å². The fourth-order valence-electron chi connectivity index (χ4n) is 1.79. The topological polar surface area (TPSA) is 100 Å². The van der Waals surface area contributed by atoms with Crippen molar-refractivity contribution in [3.05, 3.63) is 0 Å². The summed E-state index contributed by atoms with van der Waals surface area (Å²) in [7, 11) is 1.73. The number of primary amides is 1. The zero-order valence-electron chi connectivity index (χ0n) is 13.3. The molecule has 0 atom stereocenters. The number of likely N-dealkylation sites (N-methyl/N-ethyl adjacent to an activating group) is 1. The average Bonchev–Trinajstić information content (AvgIpc) is 2.45. The number of rotatable bonds is 9. The van der Waals surface area contributed by atoms with Gasteiger partial charge in [0.15, 0.2) is 0 Å². The lowest BCUT2D eigenvalue weighted by Gasteiger charge is -2.22. The Hall–Kier alpha value is -2.12. The van der Waals surface area contributed by atoms with Crippen LogP contribution in [-0.4, -0.2) is 54.1 Å². The summed E-state index contributed by atoms with van der Waals surface area (Å²) in [4.78, 5) is 27.9. The van der Waals surface area contributed by atoms with Crippen LogP contribution in [0.5, 0.6) is 0 Å². The zero-order chi connectivity index (χ0) is 15.8. The lowest BCUT2D eigenvalue weighted by atomic mass is 10.5. The van der Waals surface area contributed by atoms with Crippen LogP contribution in [0.25, 0.3) is 0 Å². The molecule has 0 aromatic carbocycles. The highest BCUT2D eigenvalue weighted by Crippen LogP contribution is 2.15. The molecule has 0 saturated carbocycles. The fraction of sp³-hybridized carbons (Fsp3) is 0.692. The van der Waals surface area contributed by atoms with E-state index >= 15 is 0 Å². The van der Waals surface area contributed by atoms with Gasteiger partial charge in [-0.25, -0.2) is 0 Å². The van der Waals surface area contributed by atoms with Gasteiger partial charge in [-0.3, -0.25) is 4.79 Å². The monoisotopic (exact) mass is 295 g/mol. The van der Waals surface area contributed by atoms with Crippen LogP contribution in [0, 0.1) is 0 Å². The SMILES string of the molecule is CCCNc1nc(N(C)CC(N)=O)nc(N(CC)CC)n1. The molecule has 8 heteroatoms. The van der Waals surface area contributed by atoms with Gasteiger partial charge in [0.1, 0.15) is 0 Å². The number of hydrogen-bond donors (Lipinski definition) is 2. The zero-order valence-corrected chi connectivity index (χ0v) is 13.3. The summed E-state index contributed by atoms with van der Waals surface area (Å²) in [6, 6.07) is 0. The standard InChI is InChI=1S/C13H25N7O/c1-5-8-15-11-16-12(19(4)9-10(14)21)18-13(17-11)20(6-2)7-3/h5-9H2,1-4H3,(H2,14,21)(H,15,16,17,18). The molecule has 21 heavy (non-hydrogen) atoms. The second kappa shape index (κ2) is 8.23. The molecule has 1 aromatic rings. The van der Waals surface area contributed by atoms with E-state index in [-0.39, 0.29) is 6.54 Å². The molecule has 1 amide bonds. The Balaban J connectivity index is 3.10. The van der Waals surface area contributed by atoms with Crippen LogP contribution in [0.3, 0.4) is 0 Å². The largest absolute Gasteiger partial charge is 0.368 e. The lowest BCUT2D eigenvalue weighted by Crippen LogP contribution is -2.33. The summed E-state index contributed by atoms with van der Waals surface area (Å²) in [5.41, 5.74) is 5.22. The molecular formula is C13H25N7O. The Morgan fingerprint density at radius 3 is 2.29 bits per heavy atom. The Labute approximate surface area is 125 Å². The third kappa shape index (κ3) is 5.05.